The molecule has 0 amide bonds. The standard InChI is InChI=1S/C30H30O7/c1-14(2)7-6-9-30(5)17-11-16-26(34)24-21(13-20-15(25(24)33)8-10-29(3,4)36-20)35-27(16)23-18(31)12-19(32)28(37-30)22(17)23/h7-8,10,12-13,17,31-33H,6,9,11H2,1-5H3. The van der Waals surface area contributed by atoms with Crippen LogP contribution in [-0.2, 0) is 6.42 Å². The van der Waals surface area contributed by atoms with Crippen molar-refractivity contribution in [2.24, 2.45) is 0 Å². The van der Waals surface area contributed by atoms with Crippen LogP contribution in [0.25, 0.3) is 28.4 Å². The Balaban J connectivity index is 1.59. The molecule has 2 unspecified atom stereocenters. The van der Waals surface area contributed by atoms with E-state index >= 15 is 0 Å². The molecule has 3 N–H and O–H groups in total. The van der Waals surface area contributed by atoms with E-state index in [4.69, 9.17) is 13.9 Å². The molecule has 2 atom stereocenters. The third kappa shape index (κ3) is 3.36. The zero-order valence-corrected chi connectivity index (χ0v) is 21.6. The van der Waals surface area contributed by atoms with E-state index in [0.29, 0.717) is 40.2 Å². The molecule has 0 fully saturated rings. The first-order chi connectivity index (χ1) is 17.4. The second-order valence-electron chi connectivity index (χ2n) is 11.3. The summed E-state index contributed by atoms with van der Waals surface area (Å²) >= 11 is 0. The molecule has 0 radical (unpaired) electrons. The fraction of sp³-hybridized carbons (Fsp3) is 0.367. The molecule has 2 aliphatic heterocycles. The Labute approximate surface area is 214 Å². The van der Waals surface area contributed by atoms with Gasteiger partial charge in [0.05, 0.1) is 11.1 Å². The summed E-state index contributed by atoms with van der Waals surface area (Å²) in [6.45, 7) is 9.83. The molecule has 0 saturated carbocycles. The molecule has 0 spiro atoms. The van der Waals surface area contributed by atoms with Gasteiger partial charge in [0.2, 0.25) is 0 Å². The summed E-state index contributed by atoms with van der Waals surface area (Å²) in [5, 5.41) is 32.9. The Morgan fingerprint density at radius 1 is 1.11 bits per heavy atom. The SMILES string of the molecule is CC(C)=CCCC1(C)Oc2c(O)cc(O)c3c2C1Cc1c-3oc2cc3c(c(O)c2c1=O)C=CC(C)(C)O3. The van der Waals surface area contributed by atoms with Gasteiger partial charge in [0.1, 0.15) is 45.2 Å². The van der Waals surface area contributed by atoms with Gasteiger partial charge in [-0.3, -0.25) is 4.79 Å². The Morgan fingerprint density at radius 3 is 2.59 bits per heavy atom. The summed E-state index contributed by atoms with van der Waals surface area (Å²) < 4.78 is 18.7. The molecule has 7 heteroatoms. The molecule has 3 aliphatic rings. The molecule has 3 aromatic rings. The van der Waals surface area contributed by atoms with E-state index in [0.717, 1.165) is 6.42 Å². The smallest absolute Gasteiger partial charge is 0.200 e. The Morgan fingerprint density at radius 2 is 1.86 bits per heavy atom. The molecule has 7 nitrogen and oxygen atoms in total. The van der Waals surface area contributed by atoms with Gasteiger partial charge in [-0.05, 0) is 66.0 Å². The molecular weight excluding hydrogens is 472 g/mol. The summed E-state index contributed by atoms with van der Waals surface area (Å²) in [6.07, 6.45) is 7.43. The zero-order chi connectivity index (χ0) is 26.4. The van der Waals surface area contributed by atoms with E-state index in [1.54, 1.807) is 12.1 Å². The van der Waals surface area contributed by atoms with E-state index in [1.165, 1.54) is 11.6 Å². The maximum Gasteiger partial charge on any atom is 0.200 e. The Bertz CT molecular complexity index is 1620. The normalized spacial score (nSPS) is 22.0. The fourth-order valence-electron chi connectivity index (χ4n) is 5.94. The molecular formula is C30H30O7. The lowest BCUT2D eigenvalue weighted by molar-refractivity contribution is 0.0764. The average molecular weight is 503 g/mol. The van der Waals surface area contributed by atoms with Crippen molar-refractivity contribution in [3.63, 3.8) is 0 Å². The highest BCUT2D eigenvalue weighted by Crippen LogP contribution is 2.60. The van der Waals surface area contributed by atoms with E-state index in [9.17, 15) is 20.1 Å². The van der Waals surface area contributed by atoms with Gasteiger partial charge in [-0.2, -0.15) is 0 Å². The van der Waals surface area contributed by atoms with Crippen LogP contribution in [0.15, 0.2) is 39.1 Å². The summed E-state index contributed by atoms with van der Waals surface area (Å²) in [7, 11) is 0. The summed E-state index contributed by atoms with van der Waals surface area (Å²) in [4.78, 5) is 13.9. The van der Waals surface area contributed by atoms with E-state index in [2.05, 4.69) is 6.08 Å². The van der Waals surface area contributed by atoms with Crippen LogP contribution in [0.5, 0.6) is 28.7 Å². The molecule has 1 aromatic heterocycles. The number of allylic oxidation sites excluding steroid dienone is 2. The minimum atomic E-state index is -0.715. The minimum absolute atomic E-state index is 0.0811. The number of phenolic OH excluding ortho intramolecular Hbond substituents is 3. The van der Waals surface area contributed by atoms with Crippen molar-refractivity contribution in [1.29, 1.82) is 0 Å². The predicted octanol–water partition coefficient (Wildman–Crippen LogP) is 6.30. The van der Waals surface area contributed by atoms with Crippen LogP contribution in [0.3, 0.4) is 0 Å². The van der Waals surface area contributed by atoms with Crippen LogP contribution < -0.4 is 14.9 Å². The number of ether oxygens (including phenoxy) is 2. The lowest BCUT2D eigenvalue weighted by Crippen LogP contribution is -2.37. The third-order valence-corrected chi connectivity index (χ3v) is 7.80. The topological polar surface area (TPSA) is 109 Å². The first-order valence-corrected chi connectivity index (χ1v) is 12.6. The van der Waals surface area contributed by atoms with Crippen LogP contribution in [0.1, 0.15) is 70.1 Å². The van der Waals surface area contributed by atoms with Crippen molar-refractivity contribution < 1.29 is 29.2 Å². The van der Waals surface area contributed by atoms with Crippen molar-refractivity contribution in [1.82, 2.24) is 0 Å². The molecule has 37 heavy (non-hydrogen) atoms. The van der Waals surface area contributed by atoms with Crippen molar-refractivity contribution in [2.75, 3.05) is 0 Å². The molecule has 2 aromatic carbocycles. The maximum absolute atomic E-state index is 13.9. The molecule has 1 aliphatic carbocycles. The van der Waals surface area contributed by atoms with Crippen molar-refractivity contribution in [3.8, 4) is 40.1 Å². The first-order valence-electron chi connectivity index (χ1n) is 12.6. The molecule has 192 valence electrons. The zero-order valence-electron chi connectivity index (χ0n) is 21.6. The van der Waals surface area contributed by atoms with Crippen molar-refractivity contribution in [2.45, 2.75) is 71.0 Å². The monoisotopic (exact) mass is 502 g/mol. The maximum atomic E-state index is 13.9. The lowest BCUT2D eigenvalue weighted by Gasteiger charge is -2.33. The van der Waals surface area contributed by atoms with E-state index in [1.807, 2.05) is 40.7 Å². The van der Waals surface area contributed by atoms with Crippen molar-refractivity contribution >= 4 is 17.0 Å². The van der Waals surface area contributed by atoms with Gasteiger partial charge in [-0.15, -0.1) is 0 Å². The quantitative estimate of drug-likeness (QED) is 0.361. The second kappa shape index (κ2) is 7.57. The highest BCUT2D eigenvalue weighted by molar-refractivity contribution is 5.94. The van der Waals surface area contributed by atoms with Gasteiger partial charge >= 0.3 is 0 Å². The number of aromatic hydroxyl groups is 3. The fourth-order valence-corrected chi connectivity index (χ4v) is 5.94. The van der Waals surface area contributed by atoms with Gasteiger partial charge < -0.3 is 29.2 Å². The predicted molar refractivity (Wildman–Crippen MR) is 141 cm³/mol. The van der Waals surface area contributed by atoms with E-state index in [-0.39, 0.29) is 51.7 Å². The van der Waals surface area contributed by atoms with Crippen LogP contribution in [0.2, 0.25) is 0 Å². The summed E-state index contributed by atoms with van der Waals surface area (Å²) in [5.74, 6) is 0.129. The Hall–Kier alpha value is -3.87. The lowest BCUT2D eigenvalue weighted by atomic mass is 9.72. The molecule has 6 rings (SSSR count). The third-order valence-electron chi connectivity index (χ3n) is 7.80. The van der Waals surface area contributed by atoms with Gasteiger partial charge in [0, 0.05) is 29.2 Å². The number of hydrogen-bond acceptors (Lipinski definition) is 7. The largest absolute Gasteiger partial charge is 0.507 e. The van der Waals surface area contributed by atoms with Crippen LogP contribution >= 0.6 is 0 Å². The van der Waals surface area contributed by atoms with Gasteiger partial charge in [-0.25, -0.2) is 0 Å². The van der Waals surface area contributed by atoms with Crippen LogP contribution in [0, 0.1) is 0 Å². The van der Waals surface area contributed by atoms with Crippen LogP contribution in [0.4, 0.5) is 0 Å². The molecule has 0 bridgehead atoms. The number of phenols is 3. The Kier molecular flexibility index (Phi) is 4.81. The number of benzene rings is 2. The number of fused-ring (bicyclic) bond motifs is 4. The van der Waals surface area contributed by atoms with Gasteiger partial charge in [0.15, 0.2) is 16.9 Å². The summed E-state index contributed by atoms with van der Waals surface area (Å²) in [6, 6.07) is 2.84. The molecule has 3 heterocycles. The van der Waals surface area contributed by atoms with Gasteiger partial charge in [-0.1, -0.05) is 11.6 Å². The highest BCUT2D eigenvalue weighted by Gasteiger charge is 2.51. The highest BCUT2D eigenvalue weighted by atomic mass is 16.5. The minimum Gasteiger partial charge on any atom is -0.507 e. The molecule has 0 saturated heterocycles. The average Bonchev–Trinajstić information content (AvgIpc) is 3.09. The second-order valence-corrected chi connectivity index (χ2v) is 11.3. The van der Waals surface area contributed by atoms with E-state index < -0.39 is 11.2 Å². The first kappa shape index (κ1) is 23.5. The van der Waals surface area contributed by atoms with Crippen molar-refractivity contribution in [3.05, 3.63) is 56.8 Å². The van der Waals surface area contributed by atoms with Gasteiger partial charge in [0.25, 0.3) is 0 Å². The summed E-state index contributed by atoms with van der Waals surface area (Å²) in [5.41, 5.74) is 1.50. The van der Waals surface area contributed by atoms with Crippen LogP contribution in [-0.4, -0.2) is 26.5 Å². The number of hydrogen-bond donors (Lipinski definition) is 3. The number of rotatable bonds is 3.